The third-order valence-corrected chi connectivity index (χ3v) is 4.74. The van der Waals surface area contributed by atoms with E-state index in [9.17, 15) is 0 Å². The minimum Gasteiger partial charge on any atom is -0.441 e. The Morgan fingerprint density at radius 1 is 1.12 bits per heavy atom. The number of benzene rings is 1. The van der Waals surface area contributed by atoms with Crippen LogP contribution >= 0.6 is 11.3 Å². The van der Waals surface area contributed by atoms with Crippen LogP contribution in [-0.2, 0) is 5.41 Å². The van der Waals surface area contributed by atoms with Crippen molar-refractivity contribution in [1.82, 2.24) is 9.97 Å². The highest BCUT2D eigenvalue weighted by molar-refractivity contribution is 7.13. The first-order valence-corrected chi connectivity index (χ1v) is 9.13. The van der Waals surface area contributed by atoms with Gasteiger partial charge in [-0.1, -0.05) is 32.9 Å². The molecular weight excluding hydrogens is 330 g/mol. The molecule has 3 aromatic rings. The van der Waals surface area contributed by atoms with Gasteiger partial charge in [-0.2, -0.15) is 0 Å². The smallest absolute Gasteiger partial charge is 0.218 e. The average Bonchev–Trinajstić information content (AvgIpc) is 3.21. The normalized spacial score (nSPS) is 12.0. The second-order valence-corrected chi connectivity index (χ2v) is 7.97. The van der Waals surface area contributed by atoms with Crippen LogP contribution in [0.5, 0.6) is 0 Å². The average molecular weight is 353 g/mol. The van der Waals surface area contributed by atoms with Gasteiger partial charge in [0, 0.05) is 28.8 Å². The Balaban J connectivity index is 1.86. The standard InChI is InChI=1S/C20H23N3OS/c1-13-6-7-15(14(2)18(13)23-19-21-10-11-25-19)8-9-17-22-12-16(24-17)20(3,4)5/h6-12H,1-5H3,(H,21,23). The first-order valence-electron chi connectivity index (χ1n) is 8.26. The van der Waals surface area contributed by atoms with Crippen LogP contribution in [-0.4, -0.2) is 9.97 Å². The minimum absolute atomic E-state index is 0.0380. The van der Waals surface area contributed by atoms with E-state index in [1.807, 2.05) is 17.5 Å². The summed E-state index contributed by atoms with van der Waals surface area (Å²) in [6.07, 6.45) is 7.56. The number of nitrogens with one attached hydrogen (secondary N) is 1. The summed E-state index contributed by atoms with van der Waals surface area (Å²) in [6, 6.07) is 4.22. The summed E-state index contributed by atoms with van der Waals surface area (Å²) < 4.78 is 5.83. The van der Waals surface area contributed by atoms with Gasteiger partial charge < -0.3 is 9.73 Å². The zero-order chi connectivity index (χ0) is 18.0. The molecule has 0 atom stereocenters. The Morgan fingerprint density at radius 2 is 1.92 bits per heavy atom. The van der Waals surface area contributed by atoms with Crippen molar-refractivity contribution in [3.8, 4) is 0 Å². The van der Waals surface area contributed by atoms with Gasteiger partial charge in [-0.3, -0.25) is 0 Å². The van der Waals surface area contributed by atoms with Crippen LogP contribution in [0.1, 0.15) is 49.1 Å². The van der Waals surface area contributed by atoms with Gasteiger partial charge in [0.25, 0.3) is 0 Å². The van der Waals surface area contributed by atoms with Gasteiger partial charge in [-0.25, -0.2) is 9.97 Å². The van der Waals surface area contributed by atoms with Gasteiger partial charge >= 0.3 is 0 Å². The van der Waals surface area contributed by atoms with Gasteiger partial charge in [0.1, 0.15) is 5.76 Å². The number of hydrogen-bond donors (Lipinski definition) is 1. The summed E-state index contributed by atoms with van der Waals surface area (Å²) in [5.41, 5.74) is 4.55. The molecular formula is C20H23N3OS. The Morgan fingerprint density at radius 3 is 2.56 bits per heavy atom. The molecule has 0 amide bonds. The van der Waals surface area contributed by atoms with Crippen LogP contribution in [0, 0.1) is 13.8 Å². The predicted molar refractivity (Wildman–Crippen MR) is 105 cm³/mol. The monoisotopic (exact) mass is 353 g/mol. The maximum absolute atomic E-state index is 5.83. The molecule has 5 heteroatoms. The zero-order valence-electron chi connectivity index (χ0n) is 15.3. The number of hydrogen-bond acceptors (Lipinski definition) is 5. The van der Waals surface area contributed by atoms with Gasteiger partial charge in [0.15, 0.2) is 5.13 Å². The third kappa shape index (κ3) is 3.99. The van der Waals surface area contributed by atoms with Crippen LogP contribution in [0.4, 0.5) is 10.8 Å². The van der Waals surface area contributed by atoms with E-state index < -0.39 is 0 Å². The lowest BCUT2D eigenvalue weighted by Gasteiger charge is -2.13. The predicted octanol–water partition coefficient (Wildman–Crippen LogP) is 5.96. The van der Waals surface area contributed by atoms with Gasteiger partial charge in [0.05, 0.1) is 6.20 Å². The van der Waals surface area contributed by atoms with E-state index in [-0.39, 0.29) is 5.41 Å². The summed E-state index contributed by atoms with van der Waals surface area (Å²) in [4.78, 5) is 8.66. The lowest BCUT2D eigenvalue weighted by molar-refractivity contribution is 0.403. The molecule has 4 nitrogen and oxygen atoms in total. The van der Waals surface area contributed by atoms with Crippen molar-refractivity contribution in [3.63, 3.8) is 0 Å². The Hall–Kier alpha value is -2.40. The van der Waals surface area contributed by atoms with Crippen LogP contribution in [0.15, 0.2) is 34.3 Å². The van der Waals surface area contributed by atoms with Crippen LogP contribution < -0.4 is 5.32 Å². The molecule has 3 rings (SSSR count). The molecule has 25 heavy (non-hydrogen) atoms. The summed E-state index contributed by atoms with van der Waals surface area (Å²) in [5, 5.41) is 6.28. The van der Waals surface area contributed by atoms with Crippen molar-refractivity contribution in [2.24, 2.45) is 0 Å². The fraction of sp³-hybridized carbons (Fsp3) is 0.300. The number of thiazole rings is 1. The van der Waals surface area contributed by atoms with Gasteiger partial charge in [0.2, 0.25) is 5.89 Å². The molecule has 2 aromatic heterocycles. The lowest BCUT2D eigenvalue weighted by atomic mass is 9.94. The van der Waals surface area contributed by atoms with E-state index in [1.54, 1.807) is 23.7 Å². The maximum Gasteiger partial charge on any atom is 0.218 e. The third-order valence-electron chi connectivity index (χ3n) is 4.05. The summed E-state index contributed by atoms with van der Waals surface area (Å²) in [5.74, 6) is 1.51. The molecule has 0 unspecified atom stereocenters. The quantitative estimate of drug-likeness (QED) is 0.629. The number of rotatable bonds is 4. The van der Waals surface area contributed by atoms with E-state index >= 15 is 0 Å². The number of anilines is 2. The molecule has 2 heterocycles. The van der Waals surface area contributed by atoms with Gasteiger partial charge in [-0.05, 0) is 36.6 Å². The van der Waals surface area contributed by atoms with Crippen molar-refractivity contribution in [1.29, 1.82) is 0 Å². The highest BCUT2D eigenvalue weighted by Crippen LogP contribution is 2.29. The van der Waals surface area contributed by atoms with E-state index in [4.69, 9.17) is 4.42 Å². The fourth-order valence-electron chi connectivity index (χ4n) is 2.50. The van der Waals surface area contributed by atoms with E-state index in [0.717, 1.165) is 22.1 Å². The molecule has 0 spiro atoms. The SMILES string of the molecule is Cc1ccc(C=Cc2ncc(C(C)(C)C)o2)c(C)c1Nc1nccs1. The zero-order valence-corrected chi connectivity index (χ0v) is 16.1. The van der Waals surface area contributed by atoms with Gasteiger partial charge in [-0.15, -0.1) is 11.3 Å². The number of nitrogens with zero attached hydrogens (tertiary/aromatic N) is 2. The maximum atomic E-state index is 5.83. The number of aryl methyl sites for hydroxylation is 1. The van der Waals surface area contributed by atoms with Crippen molar-refractivity contribution < 1.29 is 4.42 Å². The topological polar surface area (TPSA) is 51.0 Å². The first-order chi connectivity index (χ1) is 11.8. The molecule has 1 aromatic carbocycles. The molecule has 0 saturated heterocycles. The molecule has 1 N–H and O–H groups in total. The van der Waals surface area contributed by atoms with E-state index in [2.05, 4.69) is 62.0 Å². The second-order valence-electron chi connectivity index (χ2n) is 7.08. The molecule has 0 fully saturated rings. The molecule has 0 saturated carbocycles. The Bertz CT molecular complexity index is 886. The highest BCUT2D eigenvalue weighted by atomic mass is 32.1. The fourth-order valence-corrected chi connectivity index (χ4v) is 3.03. The second kappa shape index (κ2) is 6.84. The van der Waals surface area contributed by atoms with Crippen molar-refractivity contribution in [2.45, 2.75) is 40.0 Å². The Labute approximate surface area is 152 Å². The van der Waals surface area contributed by atoms with Crippen molar-refractivity contribution in [3.05, 3.63) is 58.2 Å². The van der Waals surface area contributed by atoms with Crippen molar-refractivity contribution in [2.75, 3.05) is 5.32 Å². The van der Waals surface area contributed by atoms with Crippen LogP contribution in [0.3, 0.4) is 0 Å². The molecule has 0 aliphatic carbocycles. The largest absolute Gasteiger partial charge is 0.441 e. The van der Waals surface area contributed by atoms with E-state index in [0.29, 0.717) is 5.89 Å². The van der Waals surface area contributed by atoms with Crippen molar-refractivity contribution >= 4 is 34.3 Å². The molecule has 0 bridgehead atoms. The summed E-state index contributed by atoms with van der Waals surface area (Å²) in [7, 11) is 0. The molecule has 0 radical (unpaired) electrons. The summed E-state index contributed by atoms with van der Waals surface area (Å²) >= 11 is 1.59. The van der Waals surface area contributed by atoms with Crippen LogP contribution in [0.25, 0.3) is 12.2 Å². The summed E-state index contributed by atoms with van der Waals surface area (Å²) in [6.45, 7) is 10.5. The molecule has 130 valence electrons. The highest BCUT2D eigenvalue weighted by Gasteiger charge is 2.18. The Kier molecular flexibility index (Phi) is 4.77. The number of aromatic nitrogens is 2. The first kappa shape index (κ1) is 17.4. The van der Waals surface area contributed by atoms with E-state index in [1.165, 1.54) is 11.1 Å². The molecule has 0 aliphatic rings. The minimum atomic E-state index is -0.0380. The van der Waals surface area contributed by atoms with Crippen LogP contribution in [0.2, 0.25) is 0 Å². The molecule has 0 aliphatic heterocycles. The number of oxazole rings is 1. The lowest BCUT2D eigenvalue weighted by Crippen LogP contribution is -2.09.